The molecule has 0 saturated carbocycles. The van der Waals surface area contributed by atoms with Crippen molar-refractivity contribution in [3.05, 3.63) is 0 Å². The SMILES string of the molecule is CCCCN(CCCC)N(N)C(=O)NN. The number of nitrogens with zero attached hydrogens (tertiary/aromatic N) is 2. The van der Waals surface area contributed by atoms with Crippen LogP contribution in [-0.4, -0.2) is 29.2 Å². The van der Waals surface area contributed by atoms with Gasteiger partial charge in [0.15, 0.2) is 0 Å². The molecule has 0 aliphatic rings. The summed E-state index contributed by atoms with van der Waals surface area (Å²) in [6, 6.07) is -0.484. The maximum absolute atomic E-state index is 11.2. The van der Waals surface area contributed by atoms with Crippen LogP contribution in [-0.2, 0) is 0 Å². The normalized spacial score (nSPS) is 10.5. The van der Waals surface area contributed by atoms with Crippen LogP contribution < -0.4 is 17.1 Å². The molecule has 0 aliphatic carbocycles. The fourth-order valence-corrected chi connectivity index (χ4v) is 1.20. The Bertz CT molecular complexity index is 168. The first-order valence-corrected chi connectivity index (χ1v) is 5.47. The summed E-state index contributed by atoms with van der Waals surface area (Å²) in [5.74, 6) is 10.6. The van der Waals surface area contributed by atoms with Gasteiger partial charge in [-0.15, -0.1) is 0 Å². The Morgan fingerprint density at radius 2 is 1.67 bits per heavy atom. The number of urea groups is 1. The van der Waals surface area contributed by atoms with Crippen LogP contribution in [0, 0.1) is 0 Å². The van der Waals surface area contributed by atoms with Gasteiger partial charge in [0, 0.05) is 13.1 Å². The highest BCUT2D eigenvalue weighted by atomic mass is 16.2. The molecule has 0 radical (unpaired) electrons. The van der Waals surface area contributed by atoms with Crippen LogP contribution in [0.1, 0.15) is 39.5 Å². The number of amides is 2. The molecule has 0 spiro atoms. The minimum Gasteiger partial charge on any atom is -0.274 e. The van der Waals surface area contributed by atoms with E-state index in [-0.39, 0.29) is 0 Å². The summed E-state index contributed by atoms with van der Waals surface area (Å²) in [5, 5.41) is 2.88. The number of unbranched alkanes of at least 4 members (excludes halogenated alkanes) is 2. The molecule has 5 N–H and O–H groups in total. The first kappa shape index (κ1) is 14.2. The second kappa shape index (κ2) is 8.46. The molecule has 6 heteroatoms. The molecule has 0 saturated heterocycles. The molecule has 15 heavy (non-hydrogen) atoms. The van der Waals surface area contributed by atoms with E-state index < -0.39 is 6.03 Å². The largest absolute Gasteiger partial charge is 0.360 e. The minimum absolute atomic E-state index is 0.484. The van der Waals surface area contributed by atoms with E-state index in [0.717, 1.165) is 43.9 Å². The molecule has 90 valence electrons. The molecule has 0 heterocycles. The summed E-state index contributed by atoms with van der Waals surface area (Å²) >= 11 is 0. The van der Waals surface area contributed by atoms with Gasteiger partial charge in [0.2, 0.25) is 0 Å². The average molecular weight is 217 g/mol. The summed E-state index contributed by atoms with van der Waals surface area (Å²) in [7, 11) is 0. The lowest BCUT2D eigenvalue weighted by Crippen LogP contribution is -2.56. The molecule has 0 unspecified atom stereocenters. The van der Waals surface area contributed by atoms with Crippen molar-refractivity contribution in [3.8, 4) is 0 Å². The van der Waals surface area contributed by atoms with Crippen molar-refractivity contribution in [2.45, 2.75) is 39.5 Å². The van der Waals surface area contributed by atoms with E-state index in [1.807, 2.05) is 10.4 Å². The fraction of sp³-hybridized carbons (Fsp3) is 0.889. The highest BCUT2D eigenvalue weighted by molar-refractivity contribution is 5.72. The van der Waals surface area contributed by atoms with Gasteiger partial charge in [-0.25, -0.2) is 21.5 Å². The molecule has 0 rings (SSSR count). The van der Waals surface area contributed by atoms with Gasteiger partial charge < -0.3 is 0 Å². The molecule has 0 aromatic carbocycles. The van der Waals surface area contributed by atoms with Crippen LogP contribution >= 0.6 is 0 Å². The highest BCUT2D eigenvalue weighted by Crippen LogP contribution is 2.00. The summed E-state index contributed by atoms with van der Waals surface area (Å²) in [5.41, 5.74) is 2.02. The van der Waals surface area contributed by atoms with Gasteiger partial charge in [0.1, 0.15) is 0 Å². The van der Waals surface area contributed by atoms with E-state index in [1.165, 1.54) is 0 Å². The van der Waals surface area contributed by atoms with Gasteiger partial charge in [-0.1, -0.05) is 26.7 Å². The predicted molar refractivity (Wildman–Crippen MR) is 60.1 cm³/mol. The third-order valence-corrected chi connectivity index (χ3v) is 2.18. The highest BCUT2D eigenvalue weighted by Gasteiger charge is 2.15. The lowest BCUT2D eigenvalue weighted by molar-refractivity contribution is 0.0101. The van der Waals surface area contributed by atoms with Gasteiger partial charge in [0.25, 0.3) is 0 Å². The van der Waals surface area contributed by atoms with Gasteiger partial charge in [-0.3, -0.25) is 5.43 Å². The van der Waals surface area contributed by atoms with Gasteiger partial charge in [-0.05, 0) is 12.8 Å². The molecule has 0 bridgehead atoms. The average Bonchev–Trinajstić information content (AvgIpc) is 2.27. The van der Waals surface area contributed by atoms with Crippen molar-refractivity contribution in [1.29, 1.82) is 0 Å². The van der Waals surface area contributed by atoms with Crippen molar-refractivity contribution >= 4 is 6.03 Å². The second-order valence-corrected chi connectivity index (χ2v) is 3.45. The number of nitrogens with two attached hydrogens (primary N) is 2. The van der Waals surface area contributed by atoms with Crippen molar-refractivity contribution < 1.29 is 4.79 Å². The third-order valence-electron chi connectivity index (χ3n) is 2.18. The van der Waals surface area contributed by atoms with Gasteiger partial charge in [0.05, 0.1) is 0 Å². The van der Waals surface area contributed by atoms with Crippen LogP contribution in [0.2, 0.25) is 0 Å². The minimum atomic E-state index is -0.484. The van der Waals surface area contributed by atoms with Crippen LogP contribution in [0.4, 0.5) is 4.79 Å². The molecule has 0 atom stereocenters. The zero-order valence-corrected chi connectivity index (χ0v) is 9.70. The summed E-state index contributed by atoms with van der Waals surface area (Å²) < 4.78 is 0. The standard InChI is InChI=1S/C9H23N5O/c1-3-5-7-13(8-6-4-2)14(11)9(15)12-10/h3-8,10-11H2,1-2H3,(H,12,15). The molecule has 0 aromatic rings. The maximum Gasteiger partial charge on any atom is 0.360 e. The first-order chi connectivity index (χ1) is 7.17. The van der Waals surface area contributed by atoms with Crippen LogP contribution in [0.25, 0.3) is 0 Å². The summed E-state index contributed by atoms with van der Waals surface area (Å²) in [6.07, 6.45) is 4.16. The molecule has 0 fully saturated rings. The Hall–Kier alpha value is -0.850. The summed E-state index contributed by atoms with van der Waals surface area (Å²) in [4.78, 5) is 11.2. The monoisotopic (exact) mass is 217 g/mol. The Kier molecular flexibility index (Phi) is 7.98. The molecule has 2 amide bonds. The van der Waals surface area contributed by atoms with E-state index in [4.69, 9.17) is 11.7 Å². The van der Waals surface area contributed by atoms with Crippen LogP contribution in [0.5, 0.6) is 0 Å². The number of nitrogens with one attached hydrogen (secondary N) is 1. The second-order valence-electron chi connectivity index (χ2n) is 3.45. The number of hydrazine groups is 3. The van der Waals surface area contributed by atoms with Crippen LogP contribution in [0.3, 0.4) is 0 Å². The van der Waals surface area contributed by atoms with Crippen molar-refractivity contribution in [1.82, 2.24) is 15.6 Å². The predicted octanol–water partition coefficient (Wildman–Crippen LogP) is 0.563. The zero-order chi connectivity index (χ0) is 11.7. The Balaban J connectivity index is 4.12. The van der Waals surface area contributed by atoms with Crippen molar-refractivity contribution in [2.24, 2.45) is 11.7 Å². The topological polar surface area (TPSA) is 87.6 Å². The smallest absolute Gasteiger partial charge is 0.274 e. The molecular weight excluding hydrogens is 194 g/mol. The lowest BCUT2D eigenvalue weighted by atomic mass is 10.3. The van der Waals surface area contributed by atoms with E-state index in [1.54, 1.807) is 0 Å². The number of carbonyl (C=O) groups excluding carboxylic acids is 1. The quantitative estimate of drug-likeness (QED) is 0.330. The van der Waals surface area contributed by atoms with E-state index in [9.17, 15) is 4.79 Å². The number of rotatable bonds is 7. The number of hydrogen-bond acceptors (Lipinski definition) is 4. The molecule has 6 nitrogen and oxygen atoms in total. The molecular formula is C9H23N5O. The lowest BCUT2D eigenvalue weighted by Gasteiger charge is -2.30. The Morgan fingerprint density at radius 3 is 2.00 bits per heavy atom. The maximum atomic E-state index is 11.2. The van der Waals surface area contributed by atoms with E-state index >= 15 is 0 Å². The molecule has 0 aromatic heterocycles. The van der Waals surface area contributed by atoms with Gasteiger partial charge in [-0.2, -0.15) is 5.12 Å². The first-order valence-electron chi connectivity index (χ1n) is 5.47. The van der Waals surface area contributed by atoms with E-state index in [2.05, 4.69) is 13.8 Å². The fourth-order valence-electron chi connectivity index (χ4n) is 1.20. The zero-order valence-electron chi connectivity index (χ0n) is 9.70. The van der Waals surface area contributed by atoms with Gasteiger partial charge >= 0.3 is 6.03 Å². The van der Waals surface area contributed by atoms with Crippen molar-refractivity contribution in [3.63, 3.8) is 0 Å². The van der Waals surface area contributed by atoms with Crippen LogP contribution in [0.15, 0.2) is 0 Å². The van der Waals surface area contributed by atoms with Crippen molar-refractivity contribution in [2.75, 3.05) is 13.1 Å². The Labute approximate surface area is 91.5 Å². The third kappa shape index (κ3) is 5.56. The molecule has 0 aliphatic heterocycles. The van der Waals surface area contributed by atoms with E-state index in [0.29, 0.717) is 0 Å². The number of carbonyl (C=O) groups is 1. The number of hydrogen-bond donors (Lipinski definition) is 3. The summed E-state index contributed by atoms with van der Waals surface area (Å²) in [6.45, 7) is 5.75. The Morgan fingerprint density at radius 1 is 1.20 bits per heavy atom.